The van der Waals surface area contributed by atoms with Crippen LogP contribution in [0, 0.1) is 23.8 Å². The molecule has 3 fully saturated rings. The Morgan fingerprint density at radius 1 is 1.16 bits per heavy atom. The van der Waals surface area contributed by atoms with E-state index in [-0.39, 0.29) is 98.6 Å². The Morgan fingerprint density at radius 2 is 2.02 bits per heavy atom. The van der Waals surface area contributed by atoms with Crippen LogP contribution in [0.3, 0.4) is 0 Å². The van der Waals surface area contributed by atoms with Crippen LogP contribution in [0.4, 0.5) is 19.0 Å². The van der Waals surface area contributed by atoms with Crippen molar-refractivity contribution >= 4 is 22.5 Å². The summed E-state index contributed by atoms with van der Waals surface area (Å²) in [5.41, 5.74) is 1.91. The van der Waals surface area contributed by atoms with Crippen molar-refractivity contribution in [1.82, 2.24) is 20.3 Å². The molecule has 8 nitrogen and oxygen atoms in total. The molecule has 1 N–H and O–H groups in total. The zero-order valence-electron chi connectivity index (χ0n) is 26.0. The summed E-state index contributed by atoms with van der Waals surface area (Å²) in [7, 11) is 1.42. The minimum absolute atomic E-state index is 0. The number of alkyl halides is 1. The van der Waals surface area contributed by atoms with E-state index in [1.165, 1.54) is 7.11 Å². The zero-order chi connectivity index (χ0) is 30.4. The number of allylic oxidation sites excluding steroid dienone is 1. The fourth-order valence-corrected chi connectivity index (χ4v) is 6.91. The third-order valence-corrected chi connectivity index (χ3v) is 9.35. The number of aromatic nitrogens is 3. The van der Waals surface area contributed by atoms with Crippen LogP contribution in [0.15, 0.2) is 30.2 Å². The molecule has 2 aliphatic carbocycles. The van der Waals surface area contributed by atoms with Crippen LogP contribution < -0.4 is 66.3 Å². The first-order valence-corrected chi connectivity index (χ1v) is 15.5. The van der Waals surface area contributed by atoms with Crippen molar-refractivity contribution in [3.8, 4) is 17.3 Å². The summed E-state index contributed by atoms with van der Waals surface area (Å²) < 4.78 is 63.7. The van der Waals surface area contributed by atoms with Crippen molar-refractivity contribution in [1.29, 1.82) is 0 Å². The SMILES string of the molecule is COC1=C(F)CCc2cccc(-c3ncc4c(N5CCOCC6CC65)nc(O[C-](C)C5CCCNCC(F)C5)nc4c3F)c21.[K+]. The van der Waals surface area contributed by atoms with Gasteiger partial charge in [0.2, 0.25) is 0 Å². The van der Waals surface area contributed by atoms with E-state index in [0.29, 0.717) is 73.5 Å². The molecule has 0 spiro atoms. The van der Waals surface area contributed by atoms with Crippen LogP contribution in [0.2, 0.25) is 0 Å². The first kappa shape index (κ1) is 33.1. The zero-order valence-corrected chi connectivity index (χ0v) is 29.2. The van der Waals surface area contributed by atoms with Crippen molar-refractivity contribution in [3.63, 3.8) is 0 Å². The normalized spacial score (nSPS) is 25.1. The standard InChI is InChI=1S/C33H37F3N5O3.K/c1-18(20-6-4-10-37-15-22(34)13-20)44-33-39-30-24(32(40-33)41-11-12-43-17-21-14-26(21)41)16-38-29(28(30)36)23-7-3-5-19-8-9-25(35)31(42-2)27(19)23;/h3,5,7,16,20-22,26,37H,4,6,8-15,17H2,1-2H3;/q-1;+1. The number of benzene rings is 1. The third-order valence-electron chi connectivity index (χ3n) is 9.35. The Bertz CT molecular complexity index is 1590. The number of pyridine rings is 1. The molecule has 4 aliphatic rings. The van der Waals surface area contributed by atoms with Crippen LogP contribution in [0.25, 0.3) is 27.9 Å². The number of nitrogens with one attached hydrogen (secondary N) is 1. The Kier molecular flexibility index (Phi) is 10.4. The minimum Gasteiger partial charge on any atom is -0.632 e. The molecule has 0 radical (unpaired) electrons. The molecule has 4 atom stereocenters. The van der Waals surface area contributed by atoms with Crippen LogP contribution in [-0.2, 0) is 15.9 Å². The van der Waals surface area contributed by atoms with E-state index in [1.807, 2.05) is 19.1 Å². The number of aryl methyl sites for hydroxylation is 1. The molecule has 4 unspecified atom stereocenters. The molecule has 45 heavy (non-hydrogen) atoms. The van der Waals surface area contributed by atoms with E-state index in [9.17, 15) is 8.78 Å². The Morgan fingerprint density at radius 3 is 2.87 bits per heavy atom. The molecular weight excluding hydrogens is 610 g/mol. The molecule has 3 aromatic rings. The number of rotatable bonds is 6. The molecule has 2 aliphatic heterocycles. The Balaban J connectivity index is 0.00000357. The predicted molar refractivity (Wildman–Crippen MR) is 161 cm³/mol. The molecule has 0 amide bonds. The van der Waals surface area contributed by atoms with Gasteiger partial charge in [0.15, 0.2) is 11.6 Å². The molecule has 7 rings (SSSR count). The monoisotopic (exact) mass is 647 g/mol. The number of anilines is 1. The molecule has 234 valence electrons. The largest absolute Gasteiger partial charge is 1.00 e. The number of fused-ring (bicyclic) bond motifs is 3. The second-order valence-electron chi connectivity index (χ2n) is 12.2. The van der Waals surface area contributed by atoms with Gasteiger partial charge in [-0.25, -0.2) is 13.2 Å². The fraction of sp³-hybridized carbons (Fsp3) is 0.515. The Hall–Kier alpha value is -1.80. The molecule has 2 aromatic heterocycles. The van der Waals surface area contributed by atoms with Crippen LogP contribution in [-0.4, -0.2) is 67.1 Å². The molecule has 2 saturated heterocycles. The van der Waals surface area contributed by atoms with Crippen molar-refractivity contribution in [3.05, 3.63) is 53.3 Å². The average Bonchev–Trinajstić information content (AvgIpc) is 3.80. The van der Waals surface area contributed by atoms with Crippen molar-refractivity contribution < 1.29 is 78.8 Å². The van der Waals surface area contributed by atoms with Crippen molar-refractivity contribution in [2.24, 2.45) is 11.8 Å². The van der Waals surface area contributed by atoms with Gasteiger partial charge in [-0.1, -0.05) is 24.6 Å². The molecule has 4 heterocycles. The smallest absolute Gasteiger partial charge is 0.632 e. The minimum atomic E-state index is -0.991. The second kappa shape index (κ2) is 14.1. The van der Waals surface area contributed by atoms with Crippen LogP contribution in [0.1, 0.15) is 50.2 Å². The van der Waals surface area contributed by atoms with E-state index in [4.69, 9.17) is 19.2 Å². The first-order chi connectivity index (χ1) is 21.4. The maximum Gasteiger partial charge on any atom is 1.00 e. The first-order valence-electron chi connectivity index (χ1n) is 15.5. The van der Waals surface area contributed by atoms with Crippen molar-refractivity contribution in [2.75, 3.05) is 44.9 Å². The quantitative estimate of drug-likeness (QED) is 0.324. The molecule has 1 aromatic carbocycles. The fourth-order valence-electron chi connectivity index (χ4n) is 6.91. The van der Waals surface area contributed by atoms with Gasteiger partial charge in [0.05, 0.1) is 25.7 Å². The number of hydrogen-bond acceptors (Lipinski definition) is 8. The summed E-state index contributed by atoms with van der Waals surface area (Å²) in [5.74, 6) is -0.113. The van der Waals surface area contributed by atoms with Crippen LogP contribution in [0.5, 0.6) is 6.01 Å². The van der Waals surface area contributed by atoms with Gasteiger partial charge < -0.3 is 24.4 Å². The summed E-state index contributed by atoms with van der Waals surface area (Å²) >= 11 is 0. The van der Waals surface area contributed by atoms with Gasteiger partial charge in [0.25, 0.3) is 6.01 Å². The third kappa shape index (κ3) is 6.66. The topological polar surface area (TPSA) is 81.6 Å². The molecule has 1 saturated carbocycles. The van der Waals surface area contributed by atoms with Gasteiger partial charge in [-0.3, -0.25) is 4.98 Å². The summed E-state index contributed by atoms with van der Waals surface area (Å²) in [4.78, 5) is 16.1. The van der Waals surface area contributed by atoms with E-state index >= 15 is 4.39 Å². The average molecular weight is 648 g/mol. The molecule has 12 heteroatoms. The number of hydrogen-bond donors (Lipinski definition) is 1. The molecular formula is C33H37F3KN5O3. The van der Waals surface area contributed by atoms with E-state index in [1.54, 1.807) is 12.3 Å². The number of halogens is 3. The van der Waals surface area contributed by atoms with Gasteiger partial charge in [-0.05, 0) is 37.8 Å². The summed E-state index contributed by atoms with van der Waals surface area (Å²) in [6, 6.07) is 5.68. The second-order valence-corrected chi connectivity index (χ2v) is 12.2. The van der Waals surface area contributed by atoms with Crippen molar-refractivity contribution in [2.45, 2.75) is 57.7 Å². The van der Waals surface area contributed by atoms with Crippen LogP contribution >= 0.6 is 0 Å². The van der Waals surface area contributed by atoms with Gasteiger partial charge in [0.1, 0.15) is 29.0 Å². The maximum atomic E-state index is 16.7. The van der Waals surface area contributed by atoms with Gasteiger partial charge in [-0.2, -0.15) is 16.9 Å². The van der Waals surface area contributed by atoms with Gasteiger partial charge >= 0.3 is 51.4 Å². The van der Waals surface area contributed by atoms with Gasteiger partial charge in [0, 0.05) is 48.8 Å². The maximum absolute atomic E-state index is 16.7. The number of ether oxygens (including phenoxy) is 3. The number of methoxy groups -OCH3 is 1. The Labute approximate surface area is 303 Å². The predicted octanol–water partition coefficient (Wildman–Crippen LogP) is 2.95. The summed E-state index contributed by atoms with van der Waals surface area (Å²) in [6.45, 7) is 4.68. The van der Waals surface area contributed by atoms with E-state index in [0.717, 1.165) is 31.4 Å². The van der Waals surface area contributed by atoms with E-state index < -0.39 is 12.0 Å². The number of nitrogens with zero attached hydrogens (tertiary/aromatic N) is 4. The summed E-state index contributed by atoms with van der Waals surface area (Å²) in [5, 5.41) is 3.59. The summed E-state index contributed by atoms with van der Waals surface area (Å²) in [6.07, 6.45) is 4.87. The molecule has 0 bridgehead atoms. The van der Waals surface area contributed by atoms with E-state index in [2.05, 4.69) is 20.2 Å². The van der Waals surface area contributed by atoms with Gasteiger partial charge in [-0.15, -0.1) is 12.0 Å².